The Balaban J connectivity index is 1.72. The van der Waals surface area contributed by atoms with Gasteiger partial charge in [-0.05, 0) is 48.9 Å². The molecular formula is C20H23N5O. The van der Waals surface area contributed by atoms with Crippen molar-refractivity contribution in [2.45, 2.75) is 32.2 Å². The van der Waals surface area contributed by atoms with Gasteiger partial charge in [-0.1, -0.05) is 6.92 Å². The predicted octanol–water partition coefficient (Wildman–Crippen LogP) is 3.37. The topological polar surface area (TPSA) is 66.9 Å². The minimum absolute atomic E-state index is 0.324. The summed E-state index contributed by atoms with van der Waals surface area (Å²) < 4.78 is 5.62. The van der Waals surface area contributed by atoms with Gasteiger partial charge in [0.25, 0.3) is 0 Å². The van der Waals surface area contributed by atoms with Crippen molar-refractivity contribution in [2.24, 2.45) is 5.92 Å². The fourth-order valence-corrected chi connectivity index (χ4v) is 4.03. The van der Waals surface area contributed by atoms with Gasteiger partial charge >= 0.3 is 0 Å². The highest BCUT2D eigenvalue weighted by Gasteiger charge is 2.36. The lowest BCUT2D eigenvalue weighted by Crippen LogP contribution is -2.44. The van der Waals surface area contributed by atoms with Crippen LogP contribution >= 0.6 is 0 Å². The zero-order valence-corrected chi connectivity index (χ0v) is 15.1. The minimum Gasteiger partial charge on any atom is -0.377 e. The van der Waals surface area contributed by atoms with Crippen LogP contribution in [0.4, 0.5) is 5.82 Å². The maximum atomic E-state index is 5.62. The first kappa shape index (κ1) is 15.8. The highest BCUT2D eigenvalue weighted by Crippen LogP contribution is 2.50. The molecule has 3 atom stereocenters. The molecule has 2 aliphatic rings. The maximum Gasteiger partial charge on any atom is 0.130 e. The standard InChI is InChI=1S/C20H23N5O/c1-12-9-15(12)16-10-18(25-7-8-26-11-13(25)2)23-19-14(16)3-5-21-20(19)17-4-6-22-24-17/h3-6,10,12-13,15H,7-9,11H2,1-2H3,(H,22,24)/t12?,13-,15?/m1/s1. The van der Waals surface area contributed by atoms with E-state index in [1.54, 1.807) is 6.20 Å². The van der Waals surface area contributed by atoms with Gasteiger partial charge in [-0.15, -0.1) is 0 Å². The molecule has 2 fully saturated rings. The molecule has 3 aromatic heterocycles. The third kappa shape index (κ3) is 2.56. The van der Waals surface area contributed by atoms with E-state index in [0.29, 0.717) is 12.0 Å². The Labute approximate surface area is 152 Å². The van der Waals surface area contributed by atoms with Crippen molar-refractivity contribution in [1.29, 1.82) is 0 Å². The average Bonchev–Trinajstić information content (AvgIpc) is 3.15. The second kappa shape index (κ2) is 6.06. The highest BCUT2D eigenvalue weighted by atomic mass is 16.5. The molecule has 4 heterocycles. The van der Waals surface area contributed by atoms with Crippen LogP contribution < -0.4 is 4.90 Å². The summed E-state index contributed by atoms with van der Waals surface area (Å²) >= 11 is 0. The minimum atomic E-state index is 0.324. The molecule has 1 aliphatic heterocycles. The van der Waals surface area contributed by atoms with Crippen molar-refractivity contribution < 1.29 is 4.74 Å². The predicted molar refractivity (Wildman–Crippen MR) is 101 cm³/mol. The highest BCUT2D eigenvalue weighted by molar-refractivity contribution is 5.94. The van der Waals surface area contributed by atoms with Crippen LogP contribution in [0.5, 0.6) is 0 Å². The summed E-state index contributed by atoms with van der Waals surface area (Å²) in [6.07, 6.45) is 4.89. The quantitative estimate of drug-likeness (QED) is 0.785. The fourth-order valence-electron chi connectivity index (χ4n) is 4.03. The van der Waals surface area contributed by atoms with Gasteiger partial charge < -0.3 is 9.64 Å². The van der Waals surface area contributed by atoms with Crippen LogP contribution in [0.1, 0.15) is 31.7 Å². The van der Waals surface area contributed by atoms with Gasteiger partial charge in [0.2, 0.25) is 0 Å². The number of nitrogens with zero attached hydrogens (tertiary/aromatic N) is 4. The van der Waals surface area contributed by atoms with E-state index in [1.807, 2.05) is 12.3 Å². The van der Waals surface area contributed by atoms with Crippen molar-refractivity contribution in [3.8, 4) is 11.4 Å². The molecule has 5 rings (SSSR count). The number of rotatable bonds is 3. The number of fused-ring (bicyclic) bond motifs is 1. The second-order valence-corrected chi connectivity index (χ2v) is 7.53. The molecule has 26 heavy (non-hydrogen) atoms. The lowest BCUT2D eigenvalue weighted by Gasteiger charge is -2.34. The van der Waals surface area contributed by atoms with Crippen molar-refractivity contribution in [3.63, 3.8) is 0 Å². The van der Waals surface area contributed by atoms with Gasteiger partial charge in [0.15, 0.2) is 0 Å². The van der Waals surface area contributed by atoms with Crippen molar-refractivity contribution in [3.05, 3.63) is 36.2 Å². The fraction of sp³-hybridized carbons (Fsp3) is 0.450. The number of hydrogen-bond donors (Lipinski definition) is 1. The van der Waals surface area contributed by atoms with Gasteiger partial charge in [0, 0.05) is 24.3 Å². The Morgan fingerprint density at radius 1 is 1.23 bits per heavy atom. The number of aromatic nitrogens is 4. The Kier molecular flexibility index (Phi) is 3.67. The van der Waals surface area contributed by atoms with Gasteiger partial charge in [0.05, 0.1) is 24.9 Å². The maximum absolute atomic E-state index is 5.62. The smallest absolute Gasteiger partial charge is 0.130 e. The van der Waals surface area contributed by atoms with Crippen LogP contribution in [0.15, 0.2) is 30.6 Å². The zero-order chi connectivity index (χ0) is 17.7. The lowest BCUT2D eigenvalue weighted by molar-refractivity contribution is 0.0985. The summed E-state index contributed by atoms with van der Waals surface area (Å²) in [5.41, 5.74) is 4.14. The van der Waals surface area contributed by atoms with E-state index >= 15 is 0 Å². The third-order valence-corrected chi connectivity index (χ3v) is 5.67. The summed E-state index contributed by atoms with van der Waals surface area (Å²) in [4.78, 5) is 12.0. The Morgan fingerprint density at radius 3 is 2.85 bits per heavy atom. The first-order valence-electron chi connectivity index (χ1n) is 9.36. The molecule has 0 aromatic carbocycles. The molecule has 0 bridgehead atoms. The van der Waals surface area contributed by atoms with E-state index < -0.39 is 0 Å². The normalized spacial score (nSPS) is 25.6. The molecule has 1 saturated carbocycles. The van der Waals surface area contributed by atoms with Gasteiger partial charge in [-0.25, -0.2) is 4.98 Å². The largest absolute Gasteiger partial charge is 0.377 e. The van der Waals surface area contributed by atoms with Gasteiger partial charge in [0.1, 0.15) is 17.0 Å². The van der Waals surface area contributed by atoms with E-state index in [9.17, 15) is 0 Å². The molecule has 1 saturated heterocycles. The number of morpholine rings is 1. The molecule has 0 spiro atoms. The molecule has 6 nitrogen and oxygen atoms in total. The Bertz CT molecular complexity index is 939. The van der Waals surface area contributed by atoms with Crippen LogP contribution in [-0.2, 0) is 4.74 Å². The Morgan fingerprint density at radius 2 is 2.12 bits per heavy atom. The molecule has 134 valence electrons. The number of ether oxygens (including phenoxy) is 1. The number of nitrogens with one attached hydrogen (secondary N) is 1. The van der Waals surface area contributed by atoms with Crippen LogP contribution in [0, 0.1) is 5.92 Å². The second-order valence-electron chi connectivity index (χ2n) is 7.53. The molecule has 3 aromatic rings. The molecular weight excluding hydrogens is 326 g/mol. The summed E-state index contributed by atoms with van der Waals surface area (Å²) in [6.45, 7) is 6.89. The van der Waals surface area contributed by atoms with Gasteiger partial charge in [-0.3, -0.25) is 10.1 Å². The summed E-state index contributed by atoms with van der Waals surface area (Å²) in [7, 11) is 0. The molecule has 0 radical (unpaired) electrons. The number of H-pyrrole nitrogens is 1. The monoisotopic (exact) mass is 349 g/mol. The van der Waals surface area contributed by atoms with E-state index in [0.717, 1.165) is 48.4 Å². The number of pyridine rings is 2. The average molecular weight is 349 g/mol. The van der Waals surface area contributed by atoms with Crippen LogP contribution in [0.25, 0.3) is 22.3 Å². The van der Waals surface area contributed by atoms with Crippen LogP contribution in [0.2, 0.25) is 0 Å². The molecule has 1 N–H and O–H groups in total. The number of hydrogen-bond acceptors (Lipinski definition) is 5. The number of anilines is 1. The van der Waals surface area contributed by atoms with Crippen LogP contribution in [0.3, 0.4) is 0 Å². The summed E-state index contributed by atoms with van der Waals surface area (Å²) in [6, 6.07) is 6.68. The lowest BCUT2D eigenvalue weighted by atomic mass is 10.0. The first-order valence-corrected chi connectivity index (χ1v) is 9.36. The van der Waals surface area contributed by atoms with E-state index in [1.165, 1.54) is 17.4 Å². The number of aromatic amines is 1. The SMILES string of the molecule is CC1CC1c1cc(N2CCOC[C@H]2C)nc2c(-c3ccn[nH]3)nccc12. The van der Waals surface area contributed by atoms with Gasteiger partial charge in [-0.2, -0.15) is 5.10 Å². The molecule has 0 amide bonds. The van der Waals surface area contributed by atoms with Crippen molar-refractivity contribution >= 4 is 16.7 Å². The van der Waals surface area contributed by atoms with Crippen LogP contribution in [-0.4, -0.2) is 46.0 Å². The molecule has 2 unspecified atom stereocenters. The molecule has 1 aliphatic carbocycles. The summed E-state index contributed by atoms with van der Waals surface area (Å²) in [5.74, 6) is 2.39. The van der Waals surface area contributed by atoms with E-state index in [2.05, 4.69) is 46.1 Å². The van der Waals surface area contributed by atoms with E-state index in [-0.39, 0.29) is 0 Å². The molecule has 6 heteroatoms. The van der Waals surface area contributed by atoms with Crippen molar-refractivity contribution in [1.82, 2.24) is 20.2 Å². The first-order chi connectivity index (χ1) is 12.7. The Hall–Kier alpha value is -2.47. The third-order valence-electron chi connectivity index (χ3n) is 5.67. The summed E-state index contributed by atoms with van der Waals surface area (Å²) in [5, 5.41) is 8.34. The van der Waals surface area contributed by atoms with E-state index in [4.69, 9.17) is 9.72 Å². The zero-order valence-electron chi connectivity index (χ0n) is 15.1. The van der Waals surface area contributed by atoms with Crippen molar-refractivity contribution in [2.75, 3.05) is 24.7 Å².